The molecule has 1 unspecified atom stereocenters. The summed E-state index contributed by atoms with van der Waals surface area (Å²) < 4.78 is 5.58. The van der Waals surface area contributed by atoms with Gasteiger partial charge in [-0.05, 0) is 37.5 Å². The molecule has 0 aromatic heterocycles. The van der Waals surface area contributed by atoms with Crippen molar-refractivity contribution in [1.82, 2.24) is 4.90 Å². The number of hydrogen-bond acceptors (Lipinski definition) is 3. The highest BCUT2D eigenvalue weighted by Gasteiger charge is 2.26. The Hall–Kier alpha value is -1.62. The topological polar surface area (TPSA) is 55.6 Å². The lowest BCUT2D eigenvalue weighted by atomic mass is 9.97. The molecule has 114 valence electrons. The average Bonchev–Trinajstić information content (AvgIpc) is 2.52. The number of likely N-dealkylation sites (tertiary alicyclic amines) is 1. The number of nitrogens with two attached hydrogens (primary N) is 1. The molecule has 2 rings (SSSR count). The van der Waals surface area contributed by atoms with E-state index in [4.69, 9.17) is 22.7 Å². The van der Waals surface area contributed by atoms with Crippen molar-refractivity contribution in [2.45, 2.75) is 26.2 Å². The van der Waals surface area contributed by atoms with Gasteiger partial charge in [-0.2, -0.15) is 0 Å². The van der Waals surface area contributed by atoms with Gasteiger partial charge >= 0.3 is 0 Å². The maximum atomic E-state index is 12.6. The van der Waals surface area contributed by atoms with Crippen molar-refractivity contribution < 1.29 is 9.53 Å². The first-order valence-electron chi connectivity index (χ1n) is 7.43. The Bertz CT molecular complexity index is 519. The fraction of sp³-hybridized carbons (Fsp3) is 0.500. The minimum atomic E-state index is 0.0258. The lowest BCUT2D eigenvalue weighted by Crippen LogP contribution is -2.43. The highest BCUT2D eigenvalue weighted by Crippen LogP contribution is 2.21. The molecule has 2 N–H and O–H groups in total. The largest absolute Gasteiger partial charge is 0.494 e. The highest BCUT2D eigenvalue weighted by atomic mass is 32.1. The molecular weight excluding hydrogens is 284 g/mol. The molecule has 1 saturated heterocycles. The maximum absolute atomic E-state index is 12.6. The van der Waals surface area contributed by atoms with E-state index in [0.717, 1.165) is 31.6 Å². The Labute approximate surface area is 131 Å². The number of benzene rings is 1. The van der Waals surface area contributed by atoms with Crippen LogP contribution in [0.25, 0.3) is 0 Å². The van der Waals surface area contributed by atoms with Crippen molar-refractivity contribution in [3.05, 3.63) is 29.8 Å². The van der Waals surface area contributed by atoms with Crippen LogP contribution in [0.3, 0.4) is 0 Å². The zero-order chi connectivity index (χ0) is 15.2. The van der Waals surface area contributed by atoms with Gasteiger partial charge in [-0.15, -0.1) is 0 Å². The molecule has 1 aromatic rings. The van der Waals surface area contributed by atoms with Crippen molar-refractivity contribution >= 4 is 23.1 Å². The van der Waals surface area contributed by atoms with Crippen LogP contribution in [0, 0.1) is 5.92 Å². The fourth-order valence-corrected chi connectivity index (χ4v) is 2.71. The van der Waals surface area contributed by atoms with E-state index in [1.54, 1.807) is 0 Å². The van der Waals surface area contributed by atoms with Crippen LogP contribution in [0.4, 0.5) is 0 Å². The first-order chi connectivity index (χ1) is 10.1. The number of piperidine rings is 1. The molecular formula is C16H22N2O2S. The number of thiocarbonyl (C=S) groups is 1. The molecule has 1 atom stereocenters. The van der Waals surface area contributed by atoms with Crippen LogP contribution in [0.2, 0.25) is 0 Å². The van der Waals surface area contributed by atoms with E-state index in [2.05, 4.69) is 6.92 Å². The van der Waals surface area contributed by atoms with E-state index < -0.39 is 0 Å². The number of amides is 1. The number of rotatable bonds is 5. The number of nitrogens with zero attached hydrogens (tertiary/aromatic N) is 1. The van der Waals surface area contributed by atoms with E-state index >= 15 is 0 Å². The molecule has 0 saturated carbocycles. The quantitative estimate of drug-likeness (QED) is 0.850. The molecule has 1 aliphatic heterocycles. The van der Waals surface area contributed by atoms with Crippen molar-refractivity contribution in [1.29, 1.82) is 0 Å². The van der Waals surface area contributed by atoms with Gasteiger partial charge in [-0.25, -0.2) is 0 Å². The maximum Gasteiger partial charge on any atom is 0.254 e. The van der Waals surface area contributed by atoms with E-state index in [-0.39, 0.29) is 11.8 Å². The Morgan fingerprint density at radius 3 is 3.05 bits per heavy atom. The zero-order valence-corrected chi connectivity index (χ0v) is 13.2. The van der Waals surface area contributed by atoms with Gasteiger partial charge in [0.2, 0.25) is 0 Å². The van der Waals surface area contributed by atoms with Gasteiger partial charge < -0.3 is 15.4 Å². The molecule has 0 aliphatic carbocycles. The van der Waals surface area contributed by atoms with E-state index in [0.29, 0.717) is 23.7 Å². The van der Waals surface area contributed by atoms with Crippen LogP contribution < -0.4 is 10.5 Å². The van der Waals surface area contributed by atoms with Gasteiger partial charge in [-0.3, -0.25) is 4.79 Å². The van der Waals surface area contributed by atoms with Crippen LogP contribution in [0.15, 0.2) is 24.3 Å². The summed E-state index contributed by atoms with van der Waals surface area (Å²) in [5.41, 5.74) is 6.38. The molecule has 1 amide bonds. The van der Waals surface area contributed by atoms with Gasteiger partial charge in [0.05, 0.1) is 11.6 Å². The SMILES string of the molecule is CCCOc1cccc(C(=O)N2CCCC(C(N)=S)C2)c1. The number of carbonyl (C=O) groups excluding carboxylic acids is 1. The van der Waals surface area contributed by atoms with Crippen LogP contribution in [-0.2, 0) is 0 Å². The first-order valence-corrected chi connectivity index (χ1v) is 7.84. The summed E-state index contributed by atoms with van der Waals surface area (Å²) in [6.45, 7) is 4.09. The van der Waals surface area contributed by atoms with Crippen molar-refractivity contribution in [2.24, 2.45) is 11.7 Å². The van der Waals surface area contributed by atoms with Gasteiger partial charge in [0.25, 0.3) is 5.91 Å². The summed E-state index contributed by atoms with van der Waals surface area (Å²) >= 11 is 5.06. The minimum Gasteiger partial charge on any atom is -0.494 e. The third-order valence-electron chi connectivity index (χ3n) is 3.66. The molecule has 0 bridgehead atoms. The second kappa shape index (κ2) is 7.41. The summed E-state index contributed by atoms with van der Waals surface area (Å²) in [6.07, 6.45) is 2.86. The van der Waals surface area contributed by atoms with Gasteiger partial charge in [-0.1, -0.05) is 25.2 Å². The van der Waals surface area contributed by atoms with E-state index in [1.165, 1.54) is 0 Å². The number of ether oxygens (including phenoxy) is 1. The van der Waals surface area contributed by atoms with Crippen LogP contribution in [0.5, 0.6) is 5.75 Å². The molecule has 1 heterocycles. The van der Waals surface area contributed by atoms with E-state index in [9.17, 15) is 4.79 Å². The number of hydrogen-bond donors (Lipinski definition) is 1. The van der Waals surface area contributed by atoms with Crippen LogP contribution in [-0.4, -0.2) is 35.5 Å². The molecule has 5 heteroatoms. The van der Waals surface area contributed by atoms with Crippen LogP contribution in [0.1, 0.15) is 36.5 Å². The summed E-state index contributed by atoms with van der Waals surface area (Å²) in [6, 6.07) is 7.36. The Kier molecular flexibility index (Phi) is 5.56. The Morgan fingerprint density at radius 2 is 2.33 bits per heavy atom. The minimum absolute atomic E-state index is 0.0258. The van der Waals surface area contributed by atoms with Gasteiger partial charge in [0, 0.05) is 24.6 Å². The summed E-state index contributed by atoms with van der Waals surface area (Å²) in [5.74, 6) is 0.903. The van der Waals surface area contributed by atoms with Gasteiger partial charge in [0.1, 0.15) is 5.75 Å². The molecule has 1 aromatic carbocycles. The predicted octanol–water partition coefficient (Wildman–Crippen LogP) is 2.61. The molecule has 4 nitrogen and oxygen atoms in total. The number of carbonyl (C=O) groups is 1. The molecule has 0 radical (unpaired) electrons. The highest BCUT2D eigenvalue weighted by molar-refractivity contribution is 7.80. The normalized spacial score (nSPS) is 18.3. The fourth-order valence-electron chi connectivity index (χ4n) is 2.52. The second-order valence-electron chi connectivity index (χ2n) is 5.37. The molecule has 1 fully saturated rings. The summed E-state index contributed by atoms with van der Waals surface area (Å²) in [4.78, 5) is 14.9. The van der Waals surface area contributed by atoms with Crippen molar-refractivity contribution in [2.75, 3.05) is 19.7 Å². The van der Waals surface area contributed by atoms with Crippen molar-refractivity contribution in [3.8, 4) is 5.75 Å². The standard InChI is InChI=1S/C16H22N2O2S/c1-2-9-20-14-7-3-5-12(10-14)16(19)18-8-4-6-13(11-18)15(17)21/h3,5,7,10,13H,2,4,6,8-9,11H2,1H3,(H2,17,21). The smallest absolute Gasteiger partial charge is 0.254 e. The Morgan fingerprint density at radius 1 is 1.52 bits per heavy atom. The molecule has 21 heavy (non-hydrogen) atoms. The molecule has 0 spiro atoms. The van der Waals surface area contributed by atoms with Crippen molar-refractivity contribution in [3.63, 3.8) is 0 Å². The summed E-state index contributed by atoms with van der Waals surface area (Å²) in [5, 5.41) is 0. The zero-order valence-electron chi connectivity index (χ0n) is 12.4. The lowest BCUT2D eigenvalue weighted by Gasteiger charge is -2.32. The molecule has 1 aliphatic rings. The summed E-state index contributed by atoms with van der Waals surface area (Å²) in [7, 11) is 0. The average molecular weight is 306 g/mol. The third kappa shape index (κ3) is 4.17. The second-order valence-corrected chi connectivity index (χ2v) is 5.84. The van der Waals surface area contributed by atoms with Crippen LogP contribution >= 0.6 is 12.2 Å². The lowest BCUT2D eigenvalue weighted by molar-refractivity contribution is 0.0703. The Balaban J connectivity index is 2.06. The monoisotopic (exact) mass is 306 g/mol. The third-order valence-corrected chi connectivity index (χ3v) is 4.00. The van der Waals surface area contributed by atoms with E-state index in [1.807, 2.05) is 29.2 Å². The predicted molar refractivity (Wildman–Crippen MR) is 87.6 cm³/mol. The van der Waals surface area contributed by atoms with Gasteiger partial charge in [0.15, 0.2) is 0 Å². The first kappa shape index (κ1) is 15.8.